The van der Waals surface area contributed by atoms with E-state index >= 15 is 0 Å². The van der Waals surface area contributed by atoms with Gasteiger partial charge in [-0.1, -0.05) is 59.1 Å². The normalized spacial score (nSPS) is 11.2. The van der Waals surface area contributed by atoms with Gasteiger partial charge in [0.05, 0.1) is 0 Å². The van der Waals surface area contributed by atoms with Crippen molar-refractivity contribution in [2.24, 2.45) is 5.92 Å². The Balaban J connectivity index is 0. The molecule has 0 nitrogen and oxygen atoms in total. The van der Waals surface area contributed by atoms with E-state index in [1.165, 1.54) is 25.7 Å². The molecule has 0 heterocycles. The molecule has 0 aliphatic rings. The van der Waals surface area contributed by atoms with Crippen LogP contribution in [0.3, 0.4) is 0 Å². The van der Waals surface area contributed by atoms with Gasteiger partial charge in [0.15, 0.2) is 0 Å². The van der Waals surface area contributed by atoms with Gasteiger partial charge in [0, 0.05) is 0 Å². The average molecular weight is 184 g/mol. The van der Waals surface area contributed by atoms with Crippen molar-refractivity contribution in [3.05, 3.63) is 11.6 Å². The molecule has 0 heteroatoms. The molecule has 0 aliphatic heterocycles. The molecule has 0 aliphatic carbocycles. The van der Waals surface area contributed by atoms with Crippen molar-refractivity contribution in [1.82, 2.24) is 0 Å². The van der Waals surface area contributed by atoms with E-state index < -0.39 is 0 Å². The highest BCUT2D eigenvalue weighted by molar-refractivity contribution is 5.00. The monoisotopic (exact) mass is 184 g/mol. The lowest BCUT2D eigenvalue weighted by molar-refractivity contribution is 0.710. The molecule has 0 N–H and O–H groups in total. The van der Waals surface area contributed by atoms with E-state index in [0.717, 1.165) is 5.92 Å². The van der Waals surface area contributed by atoms with E-state index in [4.69, 9.17) is 0 Å². The van der Waals surface area contributed by atoms with Crippen LogP contribution in [0, 0.1) is 5.92 Å². The fourth-order valence-corrected chi connectivity index (χ4v) is 0.960. The maximum atomic E-state index is 2.39. The van der Waals surface area contributed by atoms with E-state index in [2.05, 4.69) is 33.8 Å². The van der Waals surface area contributed by atoms with E-state index in [9.17, 15) is 0 Å². The van der Waals surface area contributed by atoms with Crippen molar-refractivity contribution in [3.8, 4) is 0 Å². The second-order valence-corrected chi connectivity index (χ2v) is 3.60. The summed E-state index contributed by atoms with van der Waals surface area (Å²) in [6, 6.07) is 0. The fraction of sp³-hybridized carbons (Fsp3) is 0.846. The predicted octanol–water partition coefficient (Wildman–Crippen LogP) is 5.20. The number of unbranched alkanes of at least 4 members (excludes halogenated alkanes) is 3. The Labute approximate surface area is 85.4 Å². The summed E-state index contributed by atoms with van der Waals surface area (Å²) in [5.41, 5.74) is 1.54. The lowest BCUT2D eigenvalue weighted by Gasteiger charge is -2.03. The first kappa shape index (κ1) is 15.2. The highest BCUT2D eigenvalue weighted by atomic mass is 14.0. The summed E-state index contributed by atoms with van der Waals surface area (Å²) in [4.78, 5) is 0. The summed E-state index contributed by atoms with van der Waals surface area (Å²) in [5, 5.41) is 0. The van der Waals surface area contributed by atoms with Crippen LogP contribution >= 0.6 is 0 Å². The number of rotatable bonds is 5. The van der Waals surface area contributed by atoms with Crippen molar-refractivity contribution in [2.75, 3.05) is 0 Å². The van der Waals surface area contributed by atoms with Gasteiger partial charge in [0.1, 0.15) is 0 Å². The molecule has 0 aromatic heterocycles. The smallest absolute Gasteiger partial charge is 0.0263 e. The molecule has 0 unspecified atom stereocenters. The third kappa shape index (κ3) is 11.7. The van der Waals surface area contributed by atoms with Gasteiger partial charge in [-0.25, -0.2) is 0 Å². The Morgan fingerprint density at radius 2 is 1.69 bits per heavy atom. The van der Waals surface area contributed by atoms with Crippen LogP contribution in [0.4, 0.5) is 0 Å². The van der Waals surface area contributed by atoms with E-state index in [0.29, 0.717) is 0 Å². The molecular formula is C13H28. The van der Waals surface area contributed by atoms with E-state index in [1.807, 2.05) is 13.8 Å². The molecule has 0 atom stereocenters. The number of hydrogen-bond donors (Lipinski definition) is 0. The van der Waals surface area contributed by atoms with Crippen molar-refractivity contribution in [3.63, 3.8) is 0 Å². The summed E-state index contributed by atoms with van der Waals surface area (Å²) in [6.45, 7) is 13.0. The van der Waals surface area contributed by atoms with Crippen molar-refractivity contribution < 1.29 is 0 Å². The predicted molar refractivity (Wildman–Crippen MR) is 64.1 cm³/mol. The van der Waals surface area contributed by atoms with Crippen LogP contribution in [0.2, 0.25) is 0 Å². The molecule has 0 amide bonds. The molecule has 0 aromatic carbocycles. The summed E-state index contributed by atoms with van der Waals surface area (Å²) < 4.78 is 0. The molecule has 0 saturated heterocycles. The van der Waals surface area contributed by atoms with Crippen molar-refractivity contribution in [2.45, 2.75) is 67.2 Å². The van der Waals surface area contributed by atoms with Crippen LogP contribution < -0.4 is 0 Å². The molecule has 80 valence electrons. The fourth-order valence-electron chi connectivity index (χ4n) is 0.960. The Bertz CT molecular complexity index is 109. The lowest BCUT2D eigenvalue weighted by Crippen LogP contribution is -1.87. The van der Waals surface area contributed by atoms with Crippen LogP contribution in [-0.2, 0) is 0 Å². The third-order valence-corrected chi connectivity index (χ3v) is 2.18. The minimum absolute atomic E-state index is 0.733. The second kappa shape index (κ2) is 11.7. The van der Waals surface area contributed by atoms with Crippen molar-refractivity contribution >= 4 is 0 Å². The number of allylic oxidation sites excluding steroid dienone is 2. The van der Waals surface area contributed by atoms with Crippen LogP contribution in [0.25, 0.3) is 0 Å². The molecule has 13 heavy (non-hydrogen) atoms. The molecular weight excluding hydrogens is 156 g/mol. The molecule has 0 rings (SSSR count). The maximum absolute atomic E-state index is 2.39. The summed E-state index contributed by atoms with van der Waals surface area (Å²) in [5.74, 6) is 0.733. The molecule has 0 bridgehead atoms. The largest absolute Gasteiger partial charge is 0.0854 e. The van der Waals surface area contributed by atoms with Gasteiger partial charge in [-0.3, -0.25) is 0 Å². The second-order valence-electron chi connectivity index (χ2n) is 3.60. The Morgan fingerprint density at radius 3 is 2.08 bits per heavy atom. The molecule has 0 spiro atoms. The van der Waals surface area contributed by atoms with Gasteiger partial charge in [-0.15, -0.1) is 0 Å². The average Bonchev–Trinajstić information content (AvgIpc) is 2.15. The van der Waals surface area contributed by atoms with Crippen LogP contribution in [0.1, 0.15) is 67.2 Å². The summed E-state index contributed by atoms with van der Waals surface area (Å²) in [7, 11) is 0. The topological polar surface area (TPSA) is 0 Å². The van der Waals surface area contributed by atoms with Crippen LogP contribution in [-0.4, -0.2) is 0 Å². The zero-order valence-electron chi connectivity index (χ0n) is 10.5. The molecule has 0 fully saturated rings. The van der Waals surface area contributed by atoms with Gasteiger partial charge < -0.3 is 0 Å². The molecule has 0 aromatic rings. The van der Waals surface area contributed by atoms with Crippen LogP contribution in [0.5, 0.6) is 0 Å². The SMILES string of the molecule is CC.CCCCC/C=C(\C)C(C)C. The minimum atomic E-state index is 0.733. The molecule has 0 saturated carbocycles. The van der Waals surface area contributed by atoms with Gasteiger partial charge in [0.2, 0.25) is 0 Å². The Morgan fingerprint density at radius 1 is 1.15 bits per heavy atom. The summed E-state index contributed by atoms with van der Waals surface area (Å²) >= 11 is 0. The highest BCUT2D eigenvalue weighted by Gasteiger charge is 1.93. The molecule has 0 radical (unpaired) electrons. The Hall–Kier alpha value is -0.260. The Kier molecular flexibility index (Phi) is 13.7. The quantitative estimate of drug-likeness (QED) is 0.407. The van der Waals surface area contributed by atoms with E-state index in [1.54, 1.807) is 5.57 Å². The first-order valence-corrected chi connectivity index (χ1v) is 5.85. The van der Waals surface area contributed by atoms with E-state index in [-0.39, 0.29) is 0 Å². The number of hydrogen-bond acceptors (Lipinski definition) is 0. The minimum Gasteiger partial charge on any atom is -0.0854 e. The first-order valence-electron chi connectivity index (χ1n) is 5.85. The lowest BCUT2D eigenvalue weighted by atomic mass is 10.0. The van der Waals surface area contributed by atoms with Crippen molar-refractivity contribution in [1.29, 1.82) is 0 Å². The van der Waals surface area contributed by atoms with Gasteiger partial charge in [-0.05, 0) is 25.7 Å². The zero-order valence-corrected chi connectivity index (χ0v) is 10.5. The maximum Gasteiger partial charge on any atom is -0.0263 e. The van der Waals surface area contributed by atoms with Gasteiger partial charge >= 0.3 is 0 Å². The van der Waals surface area contributed by atoms with Crippen LogP contribution in [0.15, 0.2) is 11.6 Å². The highest BCUT2D eigenvalue weighted by Crippen LogP contribution is 2.10. The van der Waals surface area contributed by atoms with Gasteiger partial charge in [-0.2, -0.15) is 0 Å². The first-order chi connectivity index (χ1) is 6.18. The zero-order chi connectivity index (χ0) is 10.7. The summed E-state index contributed by atoms with van der Waals surface area (Å²) in [6.07, 6.45) is 7.73. The third-order valence-electron chi connectivity index (χ3n) is 2.18. The standard InChI is InChI=1S/C11H22.C2H6/c1-5-6-7-8-9-11(4)10(2)3;1-2/h9-10H,5-8H2,1-4H3;1-2H3/b11-9+;. The van der Waals surface area contributed by atoms with Gasteiger partial charge in [0.25, 0.3) is 0 Å².